The number of esters is 1. The van der Waals surface area contributed by atoms with Crippen LogP contribution in [0.15, 0.2) is 34.7 Å². The zero-order valence-corrected chi connectivity index (χ0v) is 19.1. The lowest BCUT2D eigenvalue weighted by Crippen LogP contribution is -2.26. The molecule has 1 heterocycles. The number of para-hydroxylation sites is 1. The zero-order valence-electron chi connectivity index (χ0n) is 16.7. The van der Waals surface area contributed by atoms with Gasteiger partial charge in [0, 0.05) is 29.1 Å². The number of benzene rings is 1. The van der Waals surface area contributed by atoms with Gasteiger partial charge in [0.05, 0.1) is 17.4 Å². The van der Waals surface area contributed by atoms with Gasteiger partial charge in [-0.15, -0.1) is 0 Å². The van der Waals surface area contributed by atoms with E-state index in [2.05, 4.69) is 0 Å². The van der Waals surface area contributed by atoms with Gasteiger partial charge >= 0.3 is 5.97 Å². The normalized spacial score (nSPS) is 11.5. The van der Waals surface area contributed by atoms with Gasteiger partial charge in [0.2, 0.25) is 0 Å². The second-order valence-corrected chi connectivity index (χ2v) is 9.72. The van der Waals surface area contributed by atoms with Crippen molar-refractivity contribution in [2.24, 2.45) is 5.41 Å². The molecular formula is C21H28O4S3. The Kier molecular flexibility index (Phi) is 9.68. The van der Waals surface area contributed by atoms with Crippen molar-refractivity contribution >= 4 is 52.7 Å². The van der Waals surface area contributed by atoms with Gasteiger partial charge in [-0.1, -0.05) is 19.1 Å². The fourth-order valence-electron chi connectivity index (χ4n) is 2.27. The van der Waals surface area contributed by atoms with E-state index in [1.165, 1.54) is 0 Å². The van der Waals surface area contributed by atoms with Crippen molar-refractivity contribution in [2.45, 2.75) is 27.2 Å². The second kappa shape index (κ2) is 11.7. The van der Waals surface area contributed by atoms with Gasteiger partial charge in [-0.05, 0) is 44.6 Å². The monoisotopic (exact) mass is 440 g/mol. The average molecular weight is 441 g/mol. The number of hydrogen-bond donors (Lipinski definition) is 0. The predicted molar refractivity (Wildman–Crippen MR) is 122 cm³/mol. The molecule has 0 atom stereocenters. The zero-order chi connectivity index (χ0) is 20.4. The standard InChI is InChI=1S/C21H28O4S3/c1-4-21(2,3)20(22)24-10-12-28-14-13-27-11-9-23-18-15-19(26)25-17-8-6-5-7-16(17)18/h5-8,15H,4,9-14H2,1-3H3. The molecule has 2 aromatic rings. The molecule has 4 nitrogen and oxygen atoms in total. The van der Waals surface area contributed by atoms with Crippen molar-refractivity contribution in [3.63, 3.8) is 0 Å². The molecule has 28 heavy (non-hydrogen) atoms. The van der Waals surface area contributed by atoms with E-state index in [-0.39, 0.29) is 11.4 Å². The van der Waals surface area contributed by atoms with Gasteiger partial charge < -0.3 is 13.9 Å². The minimum atomic E-state index is -0.384. The summed E-state index contributed by atoms with van der Waals surface area (Å²) in [4.78, 5) is 11.9. The Morgan fingerprint density at radius 3 is 2.50 bits per heavy atom. The maximum Gasteiger partial charge on any atom is 0.311 e. The molecule has 1 aromatic carbocycles. The van der Waals surface area contributed by atoms with Crippen LogP contribution in [-0.4, -0.2) is 42.2 Å². The van der Waals surface area contributed by atoms with Gasteiger partial charge in [-0.3, -0.25) is 4.79 Å². The molecule has 0 bridgehead atoms. The van der Waals surface area contributed by atoms with Gasteiger partial charge in [-0.25, -0.2) is 0 Å². The highest BCUT2D eigenvalue weighted by molar-refractivity contribution is 8.02. The fraction of sp³-hybridized carbons (Fsp3) is 0.524. The second-order valence-electron chi connectivity index (χ2n) is 6.87. The number of thioether (sulfide) groups is 2. The van der Waals surface area contributed by atoms with Crippen LogP contribution in [-0.2, 0) is 9.53 Å². The molecule has 0 amide bonds. The molecular weight excluding hydrogens is 412 g/mol. The van der Waals surface area contributed by atoms with Crippen LogP contribution in [0.5, 0.6) is 5.75 Å². The first-order valence-corrected chi connectivity index (χ1v) is 12.1. The summed E-state index contributed by atoms with van der Waals surface area (Å²) in [5.74, 6) is 4.49. The number of carbonyl (C=O) groups excluding carboxylic acids is 1. The maximum atomic E-state index is 11.9. The minimum Gasteiger partial charge on any atom is -0.492 e. The van der Waals surface area contributed by atoms with Crippen LogP contribution in [0.2, 0.25) is 0 Å². The third-order valence-corrected chi connectivity index (χ3v) is 6.72. The van der Waals surface area contributed by atoms with E-state index in [0.717, 1.165) is 46.2 Å². The summed E-state index contributed by atoms with van der Waals surface area (Å²) in [6, 6.07) is 9.51. The van der Waals surface area contributed by atoms with Crippen molar-refractivity contribution in [1.82, 2.24) is 0 Å². The number of hydrogen-bond acceptors (Lipinski definition) is 7. The van der Waals surface area contributed by atoms with Gasteiger partial charge in [0.15, 0.2) is 4.71 Å². The van der Waals surface area contributed by atoms with E-state index in [9.17, 15) is 4.79 Å². The van der Waals surface area contributed by atoms with Crippen molar-refractivity contribution in [1.29, 1.82) is 0 Å². The maximum absolute atomic E-state index is 11.9. The Hall–Kier alpha value is -1.18. The molecule has 7 heteroatoms. The molecule has 0 spiro atoms. The highest BCUT2D eigenvalue weighted by Crippen LogP contribution is 2.26. The van der Waals surface area contributed by atoms with Crippen LogP contribution >= 0.6 is 35.7 Å². The van der Waals surface area contributed by atoms with Crippen LogP contribution in [0, 0.1) is 10.1 Å². The Balaban J connectivity index is 1.56. The number of rotatable bonds is 12. The van der Waals surface area contributed by atoms with Crippen LogP contribution < -0.4 is 4.74 Å². The molecule has 0 radical (unpaired) electrons. The highest BCUT2D eigenvalue weighted by Gasteiger charge is 2.26. The summed E-state index contributed by atoms with van der Waals surface area (Å²) in [5, 5.41) is 0.942. The Labute approximate surface area is 180 Å². The van der Waals surface area contributed by atoms with E-state index in [1.807, 2.05) is 56.8 Å². The van der Waals surface area contributed by atoms with Crippen molar-refractivity contribution in [3.8, 4) is 5.75 Å². The third-order valence-electron chi connectivity index (χ3n) is 4.37. The Bertz CT molecular complexity index is 817. The highest BCUT2D eigenvalue weighted by atomic mass is 32.2. The van der Waals surface area contributed by atoms with Crippen LogP contribution in [0.3, 0.4) is 0 Å². The van der Waals surface area contributed by atoms with E-state index in [4.69, 9.17) is 26.1 Å². The van der Waals surface area contributed by atoms with E-state index >= 15 is 0 Å². The van der Waals surface area contributed by atoms with Crippen molar-refractivity contribution < 1.29 is 18.7 Å². The van der Waals surface area contributed by atoms with Crippen LogP contribution in [0.25, 0.3) is 11.0 Å². The first kappa shape index (κ1) is 23.1. The van der Waals surface area contributed by atoms with Crippen LogP contribution in [0.4, 0.5) is 0 Å². The predicted octanol–water partition coefficient (Wildman–Crippen LogP) is 5.99. The van der Waals surface area contributed by atoms with Gasteiger partial charge in [0.25, 0.3) is 0 Å². The molecule has 0 saturated heterocycles. The Morgan fingerprint density at radius 2 is 1.79 bits per heavy atom. The molecule has 0 saturated carbocycles. The molecule has 0 aliphatic carbocycles. The van der Waals surface area contributed by atoms with E-state index < -0.39 is 0 Å². The van der Waals surface area contributed by atoms with Gasteiger partial charge in [-0.2, -0.15) is 23.5 Å². The smallest absolute Gasteiger partial charge is 0.311 e. The Morgan fingerprint density at radius 1 is 1.11 bits per heavy atom. The number of carbonyl (C=O) groups is 1. The van der Waals surface area contributed by atoms with Crippen molar-refractivity contribution in [2.75, 3.05) is 36.2 Å². The molecule has 2 rings (SSSR count). The number of ether oxygens (including phenoxy) is 2. The molecule has 1 aromatic heterocycles. The SMILES string of the molecule is CCC(C)(C)C(=O)OCCSCCSCCOc1cc(=S)oc2ccccc12. The average Bonchev–Trinajstić information content (AvgIpc) is 2.68. The summed E-state index contributed by atoms with van der Waals surface area (Å²) >= 11 is 8.81. The molecule has 0 fully saturated rings. The van der Waals surface area contributed by atoms with E-state index in [0.29, 0.717) is 17.9 Å². The summed E-state index contributed by atoms with van der Waals surface area (Å²) in [5.41, 5.74) is 0.363. The lowest BCUT2D eigenvalue weighted by atomic mass is 9.91. The first-order chi connectivity index (χ1) is 13.4. The molecule has 0 unspecified atom stereocenters. The quantitative estimate of drug-likeness (QED) is 0.228. The van der Waals surface area contributed by atoms with E-state index in [1.54, 1.807) is 17.8 Å². The molecule has 0 aliphatic rings. The number of fused-ring (bicyclic) bond motifs is 1. The minimum absolute atomic E-state index is 0.106. The summed E-state index contributed by atoms with van der Waals surface area (Å²) in [6.07, 6.45) is 0.791. The topological polar surface area (TPSA) is 48.7 Å². The first-order valence-electron chi connectivity index (χ1n) is 9.42. The molecule has 0 N–H and O–H groups in total. The summed E-state index contributed by atoms with van der Waals surface area (Å²) < 4.78 is 17.2. The fourth-order valence-corrected chi connectivity index (χ4v) is 4.22. The third kappa shape index (κ3) is 7.33. The summed E-state index contributed by atoms with van der Waals surface area (Å²) in [7, 11) is 0. The molecule has 0 aliphatic heterocycles. The van der Waals surface area contributed by atoms with Gasteiger partial charge in [0.1, 0.15) is 17.9 Å². The van der Waals surface area contributed by atoms with Crippen LogP contribution in [0.1, 0.15) is 27.2 Å². The van der Waals surface area contributed by atoms with Crippen molar-refractivity contribution in [3.05, 3.63) is 35.0 Å². The summed E-state index contributed by atoms with van der Waals surface area (Å²) in [6.45, 7) is 6.95. The lowest BCUT2D eigenvalue weighted by molar-refractivity contribution is -0.153. The molecule has 154 valence electrons. The largest absolute Gasteiger partial charge is 0.492 e. The lowest BCUT2D eigenvalue weighted by Gasteiger charge is -2.20.